The number of hydrogen-bond donors (Lipinski definition) is 0. The van der Waals surface area contributed by atoms with Crippen LogP contribution >= 0.6 is 58.0 Å². The van der Waals surface area contributed by atoms with Gasteiger partial charge in [0.1, 0.15) is 28.2 Å². The smallest absolute Gasteiger partial charge is 0.289 e. The summed E-state index contributed by atoms with van der Waals surface area (Å²) in [5.41, 5.74) is 1.17. The third-order valence-electron chi connectivity index (χ3n) is 5.60. The molecule has 1 aliphatic heterocycles. The fraction of sp³-hybridized carbons (Fsp3) is 0.292. The molecule has 0 aliphatic carbocycles. The summed E-state index contributed by atoms with van der Waals surface area (Å²) >= 11 is 30.5. The Bertz CT molecular complexity index is 1200. The number of hydrogen-bond acceptors (Lipinski definition) is 5. The van der Waals surface area contributed by atoms with Gasteiger partial charge in [-0.25, -0.2) is 0 Å². The first-order chi connectivity index (χ1) is 16.8. The molecule has 1 aliphatic rings. The molecule has 35 heavy (non-hydrogen) atoms. The first-order valence-electron chi connectivity index (χ1n) is 10.7. The minimum Gasteiger partial charge on any atom is -0.497 e. The molecular formula is C24H21Cl5N2O4. The Morgan fingerprint density at radius 1 is 0.914 bits per heavy atom. The first kappa shape index (κ1) is 26.3. The maximum absolute atomic E-state index is 12.9. The van der Waals surface area contributed by atoms with Crippen molar-refractivity contribution in [3.63, 3.8) is 0 Å². The molecule has 0 saturated carbocycles. The van der Waals surface area contributed by atoms with Gasteiger partial charge in [-0.3, -0.25) is 9.69 Å². The number of carbonyl (C=O) groups excluding carboxylic acids is 1. The van der Waals surface area contributed by atoms with E-state index < -0.39 is 0 Å². The zero-order valence-electron chi connectivity index (χ0n) is 18.6. The monoisotopic (exact) mass is 576 g/mol. The van der Waals surface area contributed by atoms with E-state index >= 15 is 0 Å². The summed E-state index contributed by atoms with van der Waals surface area (Å²) in [5, 5.41) is 0.212. The van der Waals surface area contributed by atoms with Crippen molar-refractivity contribution in [1.29, 1.82) is 0 Å². The molecule has 0 bridgehead atoms. The predicted molar refractivity (Wildman–Crippen MR) is 139 cm³/mol. The Labute approximate surface area is 228 Å². The SMILES string of the molecule is COc1cccc(CN2CCN(C(=O)c3ccc(COc4c(Cl)c(Cl)c(Cl)c(Cl)c4Cl)o3)CC2)c1. The minimum absolute atomic E-state index is 0.0324. The summed E-state index contributed by atoms with van der Waals surface area (Å²) in [7, 11) is 1.66. The number of benzene rings is 2. The molecule has 0 N–H and O–H groups in total. The highest BCUT2D eigenvalue weighted by Gasteiger charge is 2.25. The number of methoxy groups -OCH3 is 1. The van der Waals surface area contributed by atoms with Gasteiger partial charge >= 0.3 is 0 Å². The second-order valence-electron chi connectivity index (χ2n) is 7.87. The molecule has 0 atom stereocenters. The Morgan fingerprint density at radius 3 is 2.23 bits per heavy atom. The number of amides is 1. The van der Waals surface area contributed by atoms with E-state index in [4.69, 9.17) is 71.9 Å². The summed E-state index contributed by atoms with van der Waals surface area (Å²) in [4.78, 5) is 17.0. The van der Waals surface area contributed by atoms with E-state index in [0.717, 1.165) is 25.4 Å². The van der Waals surface area contributed by atoms with E-state index in [1.807, 2.05) is 18.2 Å². The molecule has 4 rings (SSSR count). The molecule has 6 nitrogen and oxygen atoms in total. The summed E-state index contributed by atoms with van der Waals surface area (Å²) in [5.74, 6) is 1.39. The topological polar surface area (TPSA) is 55.2 Å². The van der Waals surface area contributed by atoms with Gasteiger partial charge in [-0.05, 0) is 29.8 Å². The molecule has 1 amide bonds. The molecular weight excluding hydrogens is 558 g/mol. The van der Waals surface area contributed by atoms with Crippen LogP contribution in [0.2, 0.25) is 25.1 Å². The lowest BCUT2D eigenvalue weighted by molar-refractivity contribution is 0.0594. The van der Waals surface area contributed by atoms with Crippen LogP contribution in [0.5, 0.6) is 11.5 Å². The third-order valence-corrected chi connectivity index (χ3v) is 7.84. The summed E-state index contributed by atoms with van der Waals surface area (Å²) in [6, 6.07) is 11.3. The van der Waals surface area contributed by atoms with E-state index in [2.05, 4.69) is 11.0 Å². The number of furan rings is 1. The molecule has 1 saturated heterocycles. The van der Waals surface area contributed by atoms with E-state index in [1.54, 1.807) is 24.1 Å². The molecule has 1 aromatic heterocycles. The third kappa shape index (κ3) is 5.96. The highest BCUT2D eigenvalue weighted by molar-refractivity contribution is 6.55. The van der Waals surface area contributed by atoms with Gasteiger partial charge in [0.2, 0.25) is 0 Å². The largest absolute Gasteiger partial charge is 0.497 e. The van der Waals surface area contributed by atoms with Gasteiger partial charge in [-0.2, -0.15) is 0 Å². The van der Waals surface area contributed by atoms with Crippen molar-refractivity contribution in [2.45, 2.75) is 13.2 Å². The minimum atomic E-state index is -0.175. The van der Waals surface area contributed by atoms with Crippen LogP contribution in [0.4, 0.5) is 0 Å². The average molecular weight is 579 g/mol. The normalized spacial score (nSPS) is 14.3. The van der Waals surface area contributed by atoms with Gasteiger partial charge in [0.05, 0.1) is 22.2 Å². The molecule has 0 spiro atoms. The van der Waals surface area contributed by atoms with Crippen LogP contribution in [0.25, 0.3) is 0 Å². The van der Waals surface area contributed by atoms with Crippen LogP contribution in [0.15, 0.2) is 40.8 Å². The van der Waals surface area contributed by atoms with Gasteiger partial charge < -0.3 is 18.8 Å². The molecule has 0 radical (unpaired) electrons. The standard InChI is InChI=1S/C24H21Cl5N2O4/c1-33-15-4-2-3-14(11-15)12-30-7-9-31(10-8-30)24(32)17-6-5-16(35-17)13-34-23-21(28)19(26)18(25)20(27)22(23)29/h2-6,11H,7-10,12-13H2,1H3. The van der Waals surface area contributed by atoms with Gasteiger partial charge in [-0.1, -0.05) is 70.1 Å². The highest BCUT2D eigenvalue weighted by Crippen LogP contribution is 2.48. The first-order valence-corrected chi connectivity index (χ1v) is 12.5. The van der Waals surface area contributed by atoms with E-state index in [1.165, 1.54) is 5.56 Å². The lowest BCUT2D eigenvalue weighted by Crippen LogP contribution is -2.48. The summed E-state index contributed by atoms with van der Waals surface area (Å²) in [6.07, 6.45) is 0. The molecule has 186 valence electrons. The Kier molecular flexibility index (Phi) is 8.63. The van der Waals surface area contributed by atoms with Crippen LogP contribution in [-0.4, -0.2) is 49.0 Å². The van der Waals surface area contributed by atoms with E-state index in [0.29, 0.717) is 18.8 Å². The lowest BCUT2D eigenvalue weighted by Gasteiger charge is -2.34. The number of carbonyl (C=O) groups is 1. The van der Waals surface area contributed by atoms with Gasteiger partial charge in [0.25, 0.3) is 5.91 Å². The van der Waals surface area contributed by atoms with Crippen molar-refractivity contribution in [1.82, 2.24) is 9.80 Å². The Morgan fingerprint density at radius 2 is 1.57 bits per heavy atom. The number of piperazine rings is 1. The molecule has 1 fully saturated rings. The molecule has 0 unspecified atom stereocenters. The molecule has 3 aromatic rings. The van der Waals surface area contributed by atoms with E-state index in [9.17, 15) is 4.79 Å². The van der Waals surface area contributed by atoms with Crippen LogP contribution in [0, 0.1) is 0 Å². The summed E-state index contributed by atoms with van der Waals surface area (Å²) in [6.45, 7) is 3.48. The second kappa shape index (κ2) is 11.5. The zero-order chi connectivity index (χ0) is 25.1. The average Bonchev–Trinajstić information content (AvgIpc) is 3.35. The fourth-order valence-electron chi connectivity index (χ4n) is 3.72. The van der Waals surface area contributed by atoms with Crippen molar-refractivity contribution < 1.29 is 18.7 Å². The zero-order valence-corrected chi connectivity index (χ0v) is 22.4. The van der Waals surface area contributed by atoms with Crippen molar-refractivity contribution in [2.75, 3.05) is 33.3 Å². The van der Waals surface area contributed by atoms with Crippen LogP contribution in [0.3, 0.4) is 0 Å². The van der Waals surface area contributed by atoms with Crippen molar-refractivity contribution >= 4 is 63.9 Å². The van der Waals surface area contributed by atoms with Crippen molar-refractivity contribution in [3.8, 4) is 11.5 Å². The number of rotatable bonds is 7. The number of ether oxygens (including phenoxy) is 2. The van der Waals surface area contributed by atoms with Crippen molar-refractivity contribution in [3.05, 3.63) is 78.6 Å². The maximum Gasteiger partial charge on any atom is 0.289 e. The van der Waals surface area contributed by atoms with Crippen molar-refractivity contribution in [2.24, 2.45) is 0 Å². The molecule has 2 heterocycles. The van der Waals surface area contributed by atoms with Gasteiger partial charge in [-0.15, -0.1) is 0 Å². The highest BCUT2D eigenvalue weighted by atomic mass is 35.5. The van der Waals surface area contributed by atoms with Crippen LogP contribution in [-0.2, 0) is 13.2 Å². The van der Waals surface area contributed by atoms with Gasteiger partial charge in [0.15, 0.2) is 11.5 Å². The molecule has 2 aromatic carbocycles. The Balaban J connectivity index is 1.33. The number of halogens is 5. The predicted octanol–water partition coefficient (Wildman–Crippen LogP) is 7.09. The maximum atomic E-state index is 12.9. The van der Waals surface area contributed by atoms with Crippen LogP contribution in [0.1, 0.15) is 21.9 Å². The van der Waals surface area contributed by atoms with Crippen LogP contribution < -0.4 is 9.47 Å². The summed E-state index contributed by atoms with van der Waals surface area (Å²) < 4.78 is 16.7. The number of nitrogens with zero attached hydrogens (tertiary/aromatic N) is 2. The van der Waals surface area contributed by atoms with Gasteiger partial charge in [0, 0.05) is 32.7 Å². The fourth-order valence-corrected chi connectivity index (χ4v) is 4.95. The quantitative estimate of drug-likeness (QED) is 0.221. The van der Waals surface area contributed by atoms with E-state index in [-0.39, 0.29) is 49.1 Å². The second-order valence-corrected chi connectivity index (χ2v) is 9.76. The molecule has 11 heteroatoms. The lowest BCUT2D eigenvalue weighted by atomic mass is 10.2. The Hall–Kier alpha value is -1.80.